The number of nitrogens with one attached hydrogen (secondary N) is 1. The zero-order valence-corrected chi connectivity index (χ0v) is 11.6. The summed E-state index contributed by atoms with van der Waals surface area (Å²) in [5, 5.41) is 1.51. The Kier molecular flexibility index (Phi) is 4.88. The molecule has 0 radical (unpaired) electrons. The standard InChI is InChI=1S/C14H20F3N3/c1-2-19-7-9-20(10-8-19)11-12-3-5-13(6-4-12)18-14(15,16)17/h3-6,18H,2,7-11H2,1H3. The summed E-state index contributed by atoms with van der Waals surface area (Å²) >= 11 is 0. The van der Waals surface area contributed by atoms with E-state index in [2.05, 4.69) is 16.7 Å². The zero-order valence-electron chi connectivity index (χ0n) is 11.6. The second-order valence-corrected chi connectivity index (χ2v) is 5.03. The molecule has 1 N–H and O–H groups in total. The summed E-state index contributed by atoms with van der Waals surface area (Å²) in [4.78, 5) is 4.73. The summed E-state index contributed by atoms with van der Waals surface area (Å²) in [7, 11) is 0. The topological polar surface area (TPSA) is 18.5 Å². The molecule has 1 aromatic carbocycles. The van der Waals surface area contributed by atoms with E-state index in [1.54, 1.807) is 12.1 Å². The van der Waals surface area contributed by atoms with Gasteiger partial charge < -0.3 is 4.90 Å². The van der Waals surface area contributed by atoms with Crippen molar-refractivity contribution in [3.8, 4) is 0 Å². The molecule has 1 aliphatic rings. The highest BCUT2D eigenvalue weighted by Gasteiger charge is 2.26. The molecule has 6 heteroatoms. The van der Waals surface area contributed by atoms with E-state index in [1.165, 1.54) is 17.4 Å². The van der Waals surface area contributed by atoms with Gasteiger partial charge in [0.2, 0.25) is 0 Å². The van der Waals surface area contributed by atoms with Crippen LogP contribution in [0.2, 0.25) is 0 Å². The van der Waals surface area contributed by atoms with E-state index < -0.39 is 6.30 Å². The van der Waals surface area contributed by atoms with Gasteiger partial charge in [0.25, 0.3) is 0 Å². The van der Waals surface area contributed by atoms with Crippen LogP contribution in [0, 0.1) is 0 Å². The first-order valence-corrected chi connectivity index (χ1v) is 6.85. The first-order chi connectivity index (χ1) is 9.46. The third-order valence-corrected chi connectivity index (χ3v) is 3.56. The number of rotatable bonds is 4. The van der Waals surface area contributed by atoms with Crippen molar-refractivity contribution in [2.75, 3.05) is 38.0 Å². The second-order valence-electron chi connectivity index (χ2n) is 5.03. The van der Waals surface area contributed by atoms with Crippen LogP contribution >= 0.6 is 0 Å². The van der Waals surface area contributed by atoms with Gasteiger partial charge in [0.05, 0.1) is 0 Å². The van der Waals surface area contributed by atoms with Crippen molar-refractivity contribution in [1.82, 2.24) is 9.80 Å². The molecule has 0 aliphatic carbocycles. The first-order valence-electron chi connectivity index (χ1n) is 6.85. The molecule has 0 saturated carbocycles. The lowest BCUT2D eigenvalue weighted by Crippen LogP contribution is -2.45. The number of piperazine rings is 1. The average Bonchev–Trinajstić information content (AvgIpc) is 2.40. The molecule has 1 fully saturated rings. The molecule has 1 saturated heterocycles. The lowest BCUT2D eigenvalue weighted by molar-refractivity contribution is -0.0999. The number of hydrogen-bond donors (Lipinski definition) is 1. The molecule has 1 aromatic rings. The quantitative estimate of drug-likeness (QED) is 0.859. The number of hydrogen-bond acceptors (Lipinski definition) is 3. The van der Waals surface area contributed by atoms with Crippen LogP contribution in [-0.4, -0.2) is 48.8 Å². The maximum atomic E-state index is 12.2. The summed E-state index contributed by atoms with van der Waals surface area (Å²) in [6.45, 7) is 8.17. The fraction of sp³-hybridized carbons (Fsp3) is 0.571. The van der Waals surface area contributed by atoms with E-state index in [0.717, 1.165) is 44.8 Å². The molecule has 112 valence electrons. The Bertz CT molecular complexity index is 409. The Morgan fingerprint density at radius 2 is 1.55 bits per heavy atom. The number of anilines is 1. The van der Waals surface area contributed by atoms with E-state index >= 15 is 0 Å². The number of halogens is 3. The molecular weight excluding hydrogens is 267 g/mol. The molecule has 0 unspecified atom stereocenters. The van der Waals surface area contributed by atoms with Crippen molar-refractivity contribution in [1.29, 1.82) is 0 Å². The molecule has 0 aromatic heterocycles. The normalized spacial score (nSPS) is 18.2. The molecule has 0 amide bonds. The van der Waals surface area contributed by atoms with Gasteiger partial charge in [0.15, 0.2) is 0 Å². The van der Waals surface area contributed by atoms with Crippen molar-refractivity contribution < 1.29 is 13.2 Å². The van der Waals surface area contributed by atoms with Gasteiger partial charge >= 0.3 is 6.30 Å². The largest absolute Gasteiger partial charge is 0.482 e. The highest BCUT2D eigenvalue weighted by molar-refractivity contribution is 5.45. The summed E-state index contributed by atoms with van der Waals surface area (Å²) in [5.74, 6) is 0. The molecule has 0 atom stereocenters. The van der Waals surface area contributed by atoms with Crippen LogP contribution in [-0.2, 0) is 6.54 Å². The maximum absolute atomic E-state index is 12.2. The van der Waals surface area contributed by atoms with Crippen LogP contribution in [0.4, 0.5) is 18.9 Å². The minimum absolute atomic E-state index is 0.0806. The number of alkyl halides is 3. The van der Waals surface area contributed by atoms with Gasteiger partial charge in [-0.25, -0.2) is 0 Å². The van der Waals surface area contributed by atoms with Crippen molar-refractivity contribution in [2.24, 2.45) is 0 Å². The van der Waals surface area contributed by atoms with E-state index in [9.17, 15) is 13.2 Å². The predicted molar refractivity (Wildman–Crippen MR) is 73.5 cm³/mol. The van der Waals surface area contributed by atoms with E-state index in [0.29, 0.717) is 0 Å². The van der Waals surface area contributed by atoms with Crippen molar-refractivity contribution in [3.63, 3.8) is 0 Å². The molecule has 1 heterocycles. The summed E-state index contributed by atoms with van der Waals surface area (Å²) in [6.07, 6.45) is -4.38. The van der Waals surface area contributed by atoms with Gasteiger partial charge in [0.1, 0.15) is 0 Å². The van der Waals surface area contributed by atoms with Gasteiger partial charge in [-0.1, -0.05) is 19.1 Å². The van der Waals surface area contributed by atoms with Crippen LogP contribution in [0.25, 0.3) is 0 Å². The molecule has 1 aliphatic heterocycles. The van der Waals surface area contributed by atoms with Gasteiger partial charge in [0, 0.05) is 38.4 Å². The molecule has 20 heavy (non-hydrogen) atoms. The molecule has 0 bridgehead atoms. The van der Waals surface area contributed by atoms with Gasteiger partial charge in [-0.3, -0.25) is 10.2 Å². The molecular formula is C14H20F3N3. The Morgan fingerprint density at radius 1 is 1.00 bits per heavy atom. The lowest BCUT2D eigenvalue weighted by atomic mass is 10.2. The van der Waals surface area contributed by atoms with Crippen LogP contribution < -0.4 is 5.32 Å². The van der Waals surface area contributed by atoms with Crippen LogP contribution in [0.15, 0.2) is 24.3 Å². The van der Waals surface area contributed by atoms with Crippen molar-refractivity contribution >= 4 is 5.69 Å². The molecule has 0 spiro atoms. The fourth-order valence-corrected chi connectivity index (χ4v) is 2.38. The molecule has 2 rings (SSSR count). The van der Waals surface area contributed by atoms with Gasteiger partial charge in [-0.15, -0.1) is 0 Å². The highest BCUT2D eigenvalue weighted by Crippen LogP contribution is 2.20. The van der Waals surface area contributed by atoms with Crippen LogP contribution in [0.1, 0.15) is 12.5 Å². The minimum atomic E-state index is -4.38. The van der Waals surface area contributed by atoms with E-state index in [1.807, 2.05) is 0 Å². The SMILES string of the molecule is CCN1CCN(Cc2ccc(NC(F)(F)F)cc2)CC1. The first kappa shape index (κ1) is 15.1. The van der Waals surface area contributed by atoms with Crippen LogP contribution in [0.5, 0.6) is 0 Å². The number of benzene rings is 1. The van der Waals surface area contributed by atoms with Gasteiger partial charge in [-0.2, -0.15) is 13.2 Å². The van der Waals surface area contributed by atoms with E-state index in [4.69, 9.17) is 0 Å². The highest BCUT2D eigenvalue weighted by atomic mass is 19.4. The molecule has 3 nitrogen and oxygen atoms in total. The zero-order chi connectivity index (χ0) is 14.6. The summed E-state index contributed by atoms with van der Waals surface area (Å²) in [6, 6.07) is 6.46. The van der Waals surface area contributed by atoms with E-state index in [-0.39, 0.29) is 5.69 Å². The minimum Gasteiger partial charge on any atom is -0.301 e. The number of likely N-dealkylation sites (N-methyl/N-ethyl adjacent to an activating group) is 1. The Labute approximate surface area is 117 Å². The number of nitrogens with zero attached hydrogens (tertiary/aromatic N) is 2. The van der Waals surface area contributed by atoms with Gasteiger partial charge in [-0.05, 0) is 24.2 Å². The summed E-state index contributed by atoms with van der Waals surface area (Å²) in [5.41, 5.74) is 1.12. The maximum Gasteiger partial charge on any atom is 0.482 e. The second kappa shape index (κ2) is 6.45. The Balaban J connectivity index is 1.85. The van der Waals surface area contributed by atoms with Crippen LogP contribution in [0.3, 0.4) is 0 Å². The third-order valence-electron chi connectivity index (χ3n) is 3.56. The average molecular weight is 287 g/mol. The van der Waals surface area contributed by atoms with Crippen molar-refractivity contribution in [3.05, 3.63) is 29.8 Å². The Hall–Kier alpha value is -1.27. The smallest absolute Gasteiger partial charge is 0.301 e. The fourth-order valence-electron chi connectivity index (χ4n) is 2.38. The monoisotopic (exact) mass is 287 g/mol. The third kappa shape index (κ3) is 4.68. The van der Waals surface area contributed by atoms with Crippen molar-refractivity contribution in [2.45, 2.75) is 19.8 Å². The Morgan fingerprint density at radius 3 is 2.05 bits per heavy atom. The lowest BCUT2D eigenvalue weighted by Gasteiger charge is -2.34. The summed E-state index contributed by atoms with van der Waals surface area (Å²) < 4.78 is 36.5. The predicted octanol–water partition coefficient (Wildman–Crippen LogP) is 2.76.